The van der Waals surface area contributed by atoms with E-state index in [1.807, 2.05) is 12.1 Å². The molecule has 0 radical (unpaired) electrons. The Balaban J connectivity index is 1.47. The number of ether oxygens (including phenoxy) is 1. The second-order valence-corrected chi connectivity index (χ2v) is 7.51. The number of hydrogen-bond acceptors (Lipinski definition) is 3. The van der Waals surface area contributed by atoms with Crippen molar-refractivity contribution >= 4 is 46.8 Å². The topological polar surface area (TPSA) is 67.4 Å². The molecule has 2 amide bonds. The fraction of sp³-hybridized carbons (Fsp3) is 0.0435. The molecule has 150 valence electrons. The molecule has 4 rings (SSSR count). The van der Waals surface area contributed by atoms with Crippen molar-refractivity contribution in [3.63, 3.8) is 0 Å². The number of benzene rings is 3. The Hall–Kier alpha value is -3.28. The van der Waals surface area contributed by atoms with E-state index in [4.69, 9.17) is 27.9 Å². The smallest absolute Gasteiger partial charge is 0.291 e. The highest BCUT2D eigenvalue weighted by atomic mass is 35.5. The molecule has 0 unspecified atom stereocenters. The zero-order valence-electron chi connectivity index (χ0n) is 15.6. The maximum absolute atomic E-state index is 12.5. The van der Waals surface area contributed by atoms with E-state index in [2.05, 4.69) is 10.6 Å². The Morgan fingerprint density at radius 2 is 1.63 bits per heavy atom. The summed E-state index contributed by atoms with van der Waals surface area (Å²) in [6.45, 7) is 0.365. The number of amides is 2. The predicted octanol–water partition coefficient (Wildman–Crippen LogP) is 5.30. The lowest BCUT2D eigenvalue weighted by molar-refractivity contribution is -0.115. The van der Waals surface area contributed by atoms with Crippen LogP contribution in [0, 0.1) is 0 Å². The van der Waals surface area contributed by atoms with Crippen molar-refractivity contribution in [1.82, 2.24) is 5.32 Å². The summed E-state index contributed by atoms with van der Waals surface area (Å²) in [5, 5.41) is 6.85. The summed E-state index contributed by atoms with van der Waals surface area (Å²) in [4.78, 5) is 24.9. The number of rotatable bonds is 4. The van der Waals surface area contributed by atoms with Gasteiger partial charge in [-0.05, 0) is 59.7 Å². The standard InChI is InChI=1S/C23H16Cl2N2O3/c24-17-6-1-14(2-7-17)11-21-23(29)27-19-12-16(5-10-20(19)30-21)22(28)26-13-15-3-8-18(25)9-4-15/h1-12H,13H2,(H,26,28)(H,27,29). The van der Waals surface area contributed by atoms with Gasteiger partial charge in [-0.25, -0.2) is 0 Å². The summed E-state index contributed by atoms with van der Waals surface area (Å²) < 4.78 is 5.73. The van der Waals surface area contributed by atoms with Gasteiger partial charge in [0.2, 0.25) is 0 Å². The maximum Gasteiger partial charge on any atom is 0.291 e. The van der Waals surface area contributed by atoms with E-state index >= 15 is 0 Å². The number of hydrogen-bond donors (Lipinski definition) is 2. The lowest BCUT2D eigenvalue weighted by Gasteiger charge is -2.20. The van der Waals surface area contributed by atoms with Crippen molar-refractivity contribution in [1.29, 1.82) is 0 Å². The molecule has 3 aromatic carbocycles. The fourth-order valence-corrected chi connectivity index (χ4v) is 3.15. The third kappa shape index (κ3) is 4.64. The van der Waals surface area contributed by atoms with Crippen molar-refractivity contribution < 1.29 is 14.3 Å². The zero-order chi connectivity index (χ0) is 21.1. The summed E-state index contributed by atoms with van der Waals surface area (Å²) in [6.07, 6.45) is 1.63. The molecule has 2 N–H and O–H groups in total. The first-order valence-electron chi connectivity index (χ1n) is 9.11. The summed E-state index contributed by atoms with van der Waals surface area (Å²) in [6, 6.07) is 19.2. The molecule has 1 aliphatic rings. The van der Waals surface area contributed by atoms with Crippen LogP contribution in [-0.2, 0) is 11.3 Å². The van der Waals surface area contributed by atoms with E-state index in [-0.39, 0.29) is 11.7 Å². The number of nitrogens with one attached hydrogen (secondary N) is 2. The van der Waals surface area contributed by atoms with E-state index in [1.165, 1.54) is 0 Å². The molecule has 0 aliphatic carbocycles. The Morgan fingerprint density at radius 1 is 0.967 bits per heavy atom. The third-order valence-corrected chi connectivity index (χ3v) is 4.97. The highest BCUT2D eigenvalue weighted by Crippen LogP contribution is 2.32. The predicted molar refractivity (Wildman–Crippen MR) is 118 cm³/mol. The largest absolute Gasteiger partial charge is 0.449 e. The molecule has 1 heterocycles. The SMILES string of the molecule is O=C1Nc2cc(C(=O)NCc3ccc(Cl)cc3)ccc2OC1=Cc1ccc(Cl)cc1. The zero-order valence-corrected chi connectivity index (χ0v) is 17.1. The molecule has 0 saturated heterocycles. The van der Waals surface area contributed by atoms with Gasteiger partial charge >= 0.3 is 0 Å². The minimum absolute atomic E-state index is 0.157. The van der Waals surface area contributed by atoms with Gasteiger partial charge in [0.15, 0.2) is 11.5 Å². The highest BCUT2D eigenvalue weighted by Gasteiger charge is 2.23. The maximum atomic E-state index is 12.5. The van der Waals surface area contributed by atoms with Crippen LogP contribution in [0.4, 0.5) is 5.69 Å². The first-order valence-corrected chi connectivity index (χ1v) is 9.87. The van der Waals surface area contributed by atoms with E-state index < -0.39 is 5.91 Å². The molecule has 0 fully saturated rings. The highest BCUT2D eigenvalue weighted by molar-refractivity contribution is 6.30. The normalized spacial score (nSPS) is 13.9. The summed E-state index contributed by atoms with van der Waals surface area (Å²) >= 11 is 11.8. The lowest BCUT2D eigenvalue weighted by Crippen LogP contribution is -2.25. The molecule has 5 nitrogen and oxygen atoms in total. The quantitative estimate of drug-likeness (QED) is 0.543. The van der Waals surface area contributed by atoms with Crippen LogP contribution in [-0.4, -0.2) is 11.8 Å². The van der Waals surface area contributed by atoms with Crippen LogP contribution >= 0.6 is 23.2 Å². The Kier molecular flexibility index (Phi) is 5.74. The third-order valence-electron chi connectivity index (χ3n) is 4.47. The minimum atomic E-state index is -0.392. The van der Waals surface area contributed by atoms with Crippen molar-refractivity contribution in [3.05, 3.63) is 99.2 Å². The van der Waals surface area contributed by atoms with Crippen molar-refractivity contribution in [3.8, 4) is 5.75 Å². The molecule has 0 atom stereocenters. The van der Waals surface area contributed by atoms with Crippen LogP contribution in [0.2, 0.25) is 10.0 Å². The number of carbonyl (C=O) groups excluding carboxylic acids is 2. The van der Waals surface area contributed by atoms with Gasteiger partial charge in [0.1, 0.15) is 0 Å². The molecule has 1 aliphatic heterocycles. The van der Waals surface area contributed by atoms with Crippen LogP contribution in [0.5, 0.6) is 5.75 Å². The number of carbonyl (C=O) groups is 2. The molecule has 30 heavy (non-hydrogen) atoms. The number of fused-ring (bicyclic) bond motifs is 1. The Morgan fingerprint density at radius 3 is 2.33 bits per heavy atom. The average Bonchev–Trinajstić information content (AvgIpc) is 2.75. The van der Waals surface area contributed by atoms with Crippen molar-refractivity contribution in [2.45, 2.75) is 6.54 Å². The molecule has 0 bridgehead atoms. The fourth-order valence-electron chi connectivity index (χ4n) is 2.90. The lowest BCUT2D eigenvalue weighted by atomic mass is 10.1. The molecular formula is C23H16Cl2N2O3. The molecule has 0 spiro atoms. The van der Waals surface area contributed by atoms with Crippen LogP contribution in [0.1, 0.15) is 21.5 Å². The van der Waals surface area contributed by atoms with Gasteiger partial charge in [-0.3, -0.25) is 9.59 Å². The average molecular weight is 439 g/mol. The molecule has 7 heteroatoms. The first kappa shape index (κ1) is 20.0. The van der Waals surface area contributed by atoms with Crippen LogP contribution < -0.4 is 15.4 Å². The van der Waals surface area contributed by atoms with Crippen LogP contribution in [0.25, 0.3) is 6.08 Å². The Bertz CT molecular complexity index is 1140. The van der Waals surface area contributed by atoms with Gasteiger partial charge in [0.05, 0.1) is 5.69 Å². The van der Waals surface area contributed by atoms with Gasteiger partial charge in [-0.2, -0.15) is 0 Å². The first-order chi connectivity index (χ1) is 14.5. The Labute approximate surface area is 183 Å². The summed E-state index contributed by atoms with van der Waals surface area (Å²) in [7, 11) is 0. The van der Waals surface area contributed by atoms with E-state index in [9.17, 15) is 9.59 Å². The van der Waals surface area contributed by atoms with Crippen LogP contribution in [0.15, 0.2) is 72.5 Å². The minimum Gasteiger partial charge on any atom is -0.449 e. The van der Waals surface area contributed by atoms with Gasteiger partial charge in [0.25, 0.3) is 11.8 Å². The van der Waals surface area contributed by atoms with Crippen LogP contribution in [0.3, 0.4) is 0 Å². The van der Waals surface area contributed by atoms with E-state index in [0.29, 0.717) is 33.6 Å². The second-order valence-electron chi connectivity index (χ2n) is 6.64. The van der Waals surface area contributed by atoms with Crippen molar-refractivity contribution in [2.75, 3.05) is 5.32 Å². The second kappa shape index (κ2) is 8.61. The number of anilines is 1. The summed E-state index contributed by atoms with van der Waals surface area (Å²) in [5.41, 5.74) is 2.56. The van der Waals surface area contributed by atoms with Gasteiger partial charge in [-0.1, -0.05) is 47.5 Å². The molecule has 0 saturated carbocycles. The summed E-state index contributed by atoms with van der Waals surface area (Å²) in [5.74, 6) is -0.0329. The van der Waals surface area contributed by atoms with E-state index in [0.717, 1.165) is 11.1 Å². The monoisotopic (exact) mass is 438 g/mol. The van der Waals surface area contributed by atoms with Crippen molar-refractivity contribution in [2.24, 2.45) is 0 Å². The molecular weight excluding hydrogens is 423 g/mol. The molecule has 3 aromatic rings. The van der Waals surface area contributed by atoms with E-state index in [1.54, 1.807) is 60.7 Å². The molecule has 0 aromatic heterocycles. The number of halogens is 2. The van der Waals surface area contributed by atoms with Gasteiger partial charge in [0, 0.05) is 22.2 Å². The van der Waals surface area contributed by atoms with Gasteiger partial charge in [-0.15, -0.1) is 0 Å². The van der Waals surface area contributed by atoms with Gasteiger partial charge < -0.3 is 15.4 Å².